The lowest BCUT2D eigenvalue weighted by Gasteiger charge is -2.48. The fourth-order valence-electron chi connectivity index (χ4n) is 4.35. The number of halogens is 1. The van der Waals surface area contributed by atoms with Gasteiger partial charge in [-0.1, -0.05) is 27.7 Å². The molecular formula is C16H31ClN2O. The molecule has 1 N–H and O–H groups in total. The minimum Gasteiger partial charge on any atom is -0.349 e. The van der Waals surface area contributed by atoms with Crippen LogP contribution in [0.1, 0.15) is 53.9 Å². The van der Waals surface area contributed by atoms with Gasteiger partial charge in [-0.2, -0.15) is 0 Å². The molecule has 0 radical (unpaired) electrons. The van der Waals surface area contributed by atoms with Crippen molar-refractivity contribution in [2.75, 3.05) is 19.6 Å². The van der Waals surface area contributed by atoms with Gasteiger partial charge in [-0.05, 0) is 56.5 Å². The number of likely N-dealkylation sites (N-methyl/N-ethyl adjacent to an activating group) is 1. The Morgan fingerprint density at radius 1 is 1.15 bits per heavy atom. The van der Waals surface area contributed by atoms with Crippen LogP contribution in [0.2, 0.25) is 0 Å². The molecule has 3 unspecified atom stereocenters. The lowest BCUT2D eigenvalue weighted by molar-refractivity contribution is -0.126. The van der Waals surface area contributed by atoms with E-state index in [1.807, 2.05) is 0 Å². The summed E-state index contributed by atoms with van der Waals surface area (Å²) in [5.74, 6) is 1.66. The quantitative estimate of drug-likeness (QED) is 0.846. The highest BCUT2D eigenvalue weighted by Gasteiger charge is 2.60. The molecule has 2 aliphatic rings. The normalized spacial score (nSPS) is 34.1. The molecule has 118 valence electrons. The number of hydrogen-bond donors (Lipinski definition) is 1. The van der Waals surface area contributed by atoms with Crippen LogP contribution in [0.3, 0.4) is 0 Å². The molecular weight excluding hydrogens is 272 g/mol. The molecule has 3 nitrogen and oxygen atoms in total. The molecule has 3 atom stereocenters. The first-order valence-corrected chi connectivity index (χ1v) is 7.88. The molecule has 2 aliphatic carbocycles. The van der Waals surface area contributed by atoms with Crippen LogP contribution in [0.15, 0.2) is 0 Å². The molecule has 0 saturated heterocycles. The lowest BCUT2D eigenvalue weighted by Crippen LogP contribution is -2.60. The molecule has 2 fully saturated rings. The molecule has 0 aromatic carbocycles. The Morgan fingerprint density at radius 3 is 2.15 bits per heavy atom. The topological polar surface area (TPSA) is 32.3 Å². The van der Waals surface area contributed by atoms with Gasteiger partial charge in [0.1, 0.15) is 0 Å². The van der Waals surface area contributed by atoms with E-state index in [9.17, 15) is 4.79 Å². The largest absolute Gasteiger partial charge is 0.349 e. The number of fused-ring (bicyclic) bond motifs is 2. The summed E-state index contributed by atoms with van der Waals surface area (Å²) in [6.07, 6.45) is 3.93. The maximum absolute atomic E-state index is 12.3. The lowest BCUT2D eigenvalue weighted by atomic mass is 9.64. The summed E-state index contributed by atoms with van der Waals surface area (Å²) in [7, 11) is 0. The van der Waals surface area contributed by atoms with Gasteiger partial charge in [0.15, 0.2) is 0 Å². The van der Waals surface area contributed by atoms with Crippen molar-refractivity contribution < 1.29 is 4.79 Å². The summed E-state index contributed by atoms with van der Waals surface area (Å²) in [5.41, 5.74) is 0.217. The van der Waals surface area contributed by atoms with Gasteiger partial charge in [0, 0.05) is 5.54 Å². The van der Waals surface area contributed by atoms with Crippen LogP contribution in [-0.4, -0.2) is 36.0 Å². The van der Waals surface area contributed by atoms with E-state index in [-0.39, 0.29) is 29.3 Å². The zero-order valence-electron chi connectivity index (χ0n) is 13.7. The van der Waals surface area contributed by atoms with Gasteiger partial charge >= 0.3 is 0 Å². The average Bonchev–Trinajstić information content (AvgIpc) is 2.90. The van der Waals surface area contributed by atoms with Gasteiger partial charge in [0.2, 0.25) is 5.91 Å². The molecule has 2 bridgehead atoms. The van der Waals surface area contributed by atoms with Crippen molar-refractivity contribution in [1.82, 2.24) is 10.2 Å². The van der Waals surface area contributed by atoms with Gasteiger partial charge in [-0.15, -0.1) is 12.4 Å². The Kier molecular flexibility index (Phi) is 5.53. The molecule has 4 heteroatoms. The predicted octanol–water partition coefficient (Wildman–Crippen LogP) is 3.08. The average molecular weight is 303 g/mol. The molecule has 1 amide bonds. The van der Waals surface area contributed by atoms with Crippen molar-refractivity contribution in [2.45, 2.75) is 59.4 Å². The second-order valence-electron chi connectivity index (χ2n) is 7.14. The van der Waals surface area contributed by atoms with E-state index in [1.54, 1.807) is 0 Å². The zero-order valence-corrected chi connectivity index (χ0v) is 14.5. The van der Waals surface area contributed by atoms with Gasteiger partial charge in [-0.3, -0.25) is 9.69 Å². The molecule has 0 spiro atoms. The summed E-state index contributed by atoms with van der Waals surface area (Å²) in [6, 6.07) is 0. The number of amides is 1. The van der Waals surface area contributed by atoms with Gasteiger partial charge in [0.25, 0.3) is 0 Å². The van der Waals surface area contributed by atoms with Crippen molar-refractivity contribution >= 4 is 18.3 Å². The molecule has 0 heterocycles. The van der Waals surface area contributed by atoms with E-state index in [4.69, 9.17) is 0 Å². The monoisotopic (exact) mass is 302 g/mol. The summed E-state index contributed by atoms with van der Waals surface area (Å²) < 4.78 is 0. The SMILES string of the molecule is CCN(CC)CC(=O)NC1(C)C2CCC(C2)C1(C)C.Cl. The highest BCUT2D eigenvalue weighted by Crippen LogP contribution is 2.61. The fourth-order valence-corrected chi connectivity index (χ4v) is 4.35. The smallest absolute Gasteiger partial charge is 0.234 e. The van der Waals surface area contributed by atoms with Crippen molar-refractivity contribution in [3.8, 4) is 0 Å². The van der Waals surface area contributed by atoms with Gasteiger partial charge in [0.05, 0.1) is 6.54 Å². The van der Waals surface area contributed by atoms with E-state index < -0.39 is 0 Å². The summed E-state index contributed by atoms with van der Waals surface area (Å²) in [6.45, 7) is 13.6. The fraction of sp³-hybridized carbons (Fsp3) is 0.938. The van der Waals surface area contributed by atoms with Gasteiger partial charge < -0.3 is 5.32 Å². The number of nitrogens with one attached hydrogen (secondary N) is 1. The third kappa shape index (κ3) is 2.71. The molecule has 0 aromatic heterocycles. The molecule has 0 aliphatic heterocycles. The van der Waals surface area contributed by atoms with Crippen LogP contribution in [0.4, 0.5) is 0 Å². The first-order chi connectivity index (χ1) is 8.85. The Labute approximate surface area is 130 Å². The van der Waals surface area contributed by atoms with Crippen molar-refractivity contribution in [1.29, 1.82) is 0 Å². The Balaban J connectivity index is 0.00000200. The molecule has 0 aromatic rings. The standard InChI is InChI=1S/C16H30N2O.ClH/c1-6-18(7-2)11-14(19)17-16(5)13-9-8-12(10-13)15(16,3)4;/h12-13H,6-11H2,1-5H3,(H,17,19);1H. The third-order valence-electron chi connectivity index (χ3n) is 6.27. The van der Waals surface area contributed by atoms with E-state index >= 15 is 0 Å². The van der Waals surface area contributed by atoms with Crippen LogP contribution in [0.25, 0.3) is 0 Å². The summed E-state index contributed by atoms with van der Waals surface area (Å²) in [4.78, 5) is 14.5. The van der Waals surface area contributed by atoms with Gasteiger partial charge in [-0.25, -0.2) is 0 Å². The van der Waals surface area contributed by atoms with Crippen LogP contribution < -0.4 is 5.32 Å². The van der Waals surface area contributed by atoms with Crippen LogP contribution in [0.5, 0.6) is 0 Å². The van der Waals surface area contributed by atoms with E-state index in [0.717, 1.165) is 19.0 Å². The Bertz CT molecular complexity index is 354. The van der Waals surface area contributed by atoms with E-state index in [0.29, 0.717) is 12.5 Å². The number of carbonyl (C=O) groups is 1. The second-order valence-corrected chi connectivity index (χ2v) is 7.14. The van der Waals surface area contributed by atoms with Crippen LogP contribution >= 0.6 is 12.4 Å². The highest BCUT2D eigenvalue weighted by atomic mass is 35.5. The number of rotatable bonds is 5. The van der Waals surface area contributed by atoms with E-state index in [1.165, 1.54) is 19.3 Å². The predicted molar refractivity (Wildman–Crippen MR) is 86.2 cm³/mol. The minimum atomic E-state index is -0.0137. The maximum atomic E-state index is 12.3. The third-order valence-corrected chi connectivity index (χ3v) is 6.27. The number of nitrogens with zero attached hydrogens (tertiary/aromatic N) is 1. The minimum absolute atomic E-state index is 0. The summed E-state index contributed by atoms with van der Waals surface area (Å²) >= 11 is 0. The van der Waals surface area contributed by atoms with E-state index in [2.05, 4.69) is 44.8 Å². The van der Waals surface area contributed by atoms with Crippen molar-refractivity contribution in [3.63, 3.8) is 0 Å². The van der Waals surface area contributed by atoms with Crippen LogP contribution in [-0.2, 0) is 4.79 Å². The summed E-state index contributed by atoms with van der Waals surface area (Å²) in [5, 5.41) is 3.40. The Hall–Kier alpha value is -0.280. The first kappa shape index (κ1) is 17.8. The molecule has 2 saturated carbocycles. The number of carbonyl (C=O) groups excluding carboxylic acids is 1. The zero-order chi connectivity index (χ0) is 14.3. The molecule has 20 heavy (non-hydrogen) atoms. The van der Waals surface area contributed by atoms with Crippen LogP contribution in [0, 0.1) is 17.3 Å². The van der Waals surface area contributed by atoms with Crippen molar-refractivity contribution in [3.05, 3.63) is 0 Å². The maximum Gasteiger partial charge on any atom is 0.234 e. The Morgan fingerprint density at radius 2 is 1.70 bits per heavy atom. The first-order valence-electron chi connectivity index (χ1n) is 7.88. The second kappa shape index (κ2) is 6.23. The van der Waals surface area contributed by atoms with Crippen molar-refractivity contribution in [2.24, 2.45) is 17.3 Å². The highest BCUT2D eigenvalue weighted by molar-refractivity contribution is 5.85. The molecule has 2 rings (SSSR count). The number of hydrogen-bond acceptors (Lipinski definition) is 2.